The van der Waals surface area contributed by atoms with E-state index in [9.17, 15) is 14.0 Å². The number of nitrogens with zero attached hydrogens (tertiary/aromatic N) is 1. The minimum atomic E-state index is -0.645. The molecule has 0 radical (unpaired) electrons. The minimum absolute atomic E-state index is 0.0287. The number of amides is 2. The fraction of sp³-hybridized carbons (Fsp3) is 0.263. The molecule has 2 amide bonds. The van der Waals surface area contributed by atoms with Crippen LogP contribution < -0.4 is 5.73 Å². The molecule has 0 unspecified atom stereocenters. The van der Waals surface area contributed by atoms with Crippen LogP contribution in [0.5, 0.6) is 0 Å². The summed E-state index contributed by atoms with van der Waals surface area (Å²) < 4.78 is 14.5. The zero-order valence-electron chi connectivity index (χ0n) is 13.5. The van der Waals surface area contributed by atoms with Crippen LogP contribution in [-0.2, 0) is 4.79 Å². The van der Waals surface area contributed by atoms with Crippen LogP contribution in [0.4, 0.5) is 4.39 Å². The summed E-state index contributed by atoms with van der Waals surface area (Å²) in [6, 6.07) is 11.6. The van der Waals surface area contributed by atoms with Gasteiger partial charge >= 0.3 is 0 Å². The SMILES string of the molecule is Cc1ccc(-c2ccc(C(=O)N3CCC[C@H]3C(N)=O)c(F)c2)cc1. The molecular weight excluding hydrogens is 307 g/mol. The van der Waals surface area contributed by atoms with Crippen molar-refractivity contribution in [2.24, 2.45) is 5.73 Å². The summed E-state index contributed by atoms with van der Waals surface area (Å²) in [5, 5.41) is 0. The molecule has 3 rings (SSSR count). The highest BCUT2D eigenvalue weighted by atomic mass is 19.1. The molecule has 0 aliphatic carbocycles. The highest BCUT2D eigenvalue weighted by molar-refractivity contribution is 5.98. The first kappa shape index (κ1) is 16.2. The van der Waals surface area contributed by atoms with Gasteiger partial charge in [0.2, 0.25) is 5.91 Å². The topological polar surface area (TPSA) is 63.4 Å². The second-order valence-corrected chi connectivity index (χ2v) is 6.12. The van der Waals surface area contributed by atoms with Crippen molar-refractivity contribution in [1.29, 1.82) is 0 Å². The molecule has 0 bridgehead atoms. The molecule has 1 fully saturated rings. The van der Waals surface area contributed by atoms with E-state index in [1.54, 1.807) is 6.07 Å². The van der Waals surface area contributed by atoms with Gasteiger partial charge in [0, 0.05) is 6.54 Å². The molecule has 1 aliphatic heterocycles. The van der Waals surface area contributed by atoms with Gasteiger partial charge in [-0.15, -0.1) is 0 Å². The van der Waals surface area contributed by atoms with Gasteiger partial charge in [-0.05, 0) is 43.0 Å². The maximum Gasteiger partial charge on any atom is 0.257 e. The molecule has 24 heavy (non-hydrogen) atoms. The van der Waals surface area contributed by atoms with Crippen molar-refractivity contribution in [1.82, 2.24) is 4.90 Å². The first-order valence-corrected chi connectivity index (χ1v) is 7.94. The van der Waals surface area contributed by atoms with E-state index >= 15 is 0 Å². The van der Waals surface area contributed by atoms with E-state index in [1.807, 2.05) is 31.2 Å². The summed E-state index contributed by atoms with van der Waals surface area (Å²) in [7, 11) is 0. The highest BCUT2D eigenvalue weighted by Gasteiger charge is 2.34. The van der Waals surface area contributed by atoms with Crippen molar-refractivity contribution < 1.29 is 14.0 Å². The number of carbonyl (C=O) groups is 2. The van der Waals surface area contributed by atoms with Crippen LogP contribution in [0.1, 0.15) is 28.8 Å². The van der Waals surface area contributed by atoms with Gasteiger partial charge in [0.25, 0.3) is 5.91 Å². The Labute approximate surface area is 140 Å². The molecule has 124 valence electrons. The van der Waals surface area contributed by atoms with Crippen molar-refractivity contribution >= 4 is 11.8 Å². The Hall–Kier alpha value is -2.69. The van der Waals surface area contributed by atoms with E-state index in [2.05, 4.69) is 0 Å². The fourth-order valence-corrected chi connectivity index (χ4v) is 3.07. The van der Waals surface area contributed by atoms with E-state index in [4.69, 9.17) is 5.73 Å². The molecule has 5 heteroatoms. The third-order valence-electron chi connectivity index (χ3n) is 4.43. The number of likely N-dealkylation sites (tertiary alicyclic amines) is 1. The van der Waals surface area contributed by atoms with Gasteiger partial charge in [-0.1, -0.05) is 35.9 Å². The summed E-state index contributed by atoms with van der Waals surface area (Å²) in [5.41, 5.74) is 8.01. The molecule has 2 aromatic carbocycles. The predicted molar refractivity (Wildman–Crippen MR) is 89.8 cm³/mol. The average Bonchev–Trinajstić information content (AvgIpc) is 3.05. The molecular formula is C19H19FN2O2. The number of primary amides is 1. The predicted octanol–water partition coefficient (Wildman–Crippen LogP) is 2.89. The van der Waals surface area contributed by atoms with Crippen molar-refractivity contribution in [2.45, 2.75) is 25.8 Å². The highest BCUT2D eigenvalue weighted by Crippen LogP contribution is 2.25. The number of hydrogen-bond donors (Lipinski definition) is 1. The Morgan fingerprint density at radius 1 is 1.12 bits per heavy atom. The van der Waals surface area contributed by atoms with Crippen molar-refractivity contribution in [3.05, 3.63) is 59.4 Å². The zero-order chi connectivity index (χ0) is 17.3. The van der Waals surface area contributed by atoms with Crippen LogP contribution in [0.15, 0.2) is 42.5 Å². The van der Waals surface area contributed by atoms with Crippen LogP contribution in [0, 0.1) is 12.7 Å². The lowest BCUT2D eigenvalue weighted by molar-refractivity contribution is -0.121. The lowest BCUT2D eigenvalue weighted by Gasteiger charge is -2.22. The number of carbonyl (C=O) groups excluding carboxylic acids is 2. The quantitative estimate of drug-likeness (QED) is 0.942. The molecule has 0 aromatic heterocycles. The van der Waals surface area contributed by atoms with E-state index in [0.717, 1.165) is 11.1 Å². The second kappa shape index (κ2) is 6.43. The Balaban J connectivity index is 1.88. The van der Waals surface area contributed by atoms with Gasteiger partial charge in [0.15, 0.2) is 0 Å². The van der Waals surface area contributed by atoms with E-state index in [0.29, 0.717) is 24.9 Å². The lowest BCUT2D eigenvalue weighted by Crippen LogP contribution is -2.43. The van der Waals surface area contributed by atoms with Crippen molar-refractivity contribution in [2.75, 3.05) is 6.54 Å². The molecule has 1 atom stereocenters. The van der Waals surface area contributed by atoms with Gasteiger partial charge in [-0.3, -0.25) is 9.59 Å². The first-order valence-electron chi connectivity index (χ1n) is 7.94. The maximum atomic E-state index is 14.5. The Bertz CT molecular complexity index is 786. The largest absolute Gasteiger partial charge is 0.368 e. The molecule has 0 saturated carbocycles. The van der Waals surface area contributed by atoms with Crippen LogP contribution in [-0.4, -0.2) is 29.3 Å². The van der Waals surface area contributed by atoms with Gasteiger partial charge in [-0.25, -0.2) is 4.39 Å². The maximum absolute atomic E-state index is 14.5. The van der Waals surface area contributed by atoms with Gasteiger partial charge < -0.3 is 10.6 Å². The number of benzene rings is 2. The number of rotatable bonds is 3. The fourth-order valence-electron chi connectivity index (χ4n) is 3.07. The molecule has 1 saturated heterocycles. The average molecular weight is 326 g/mol. The van der Waals surface area contributed by atoms with Gasteiger partial charge in [0.05, 0.1) is 5.56 Å². The number of aryl methyl sites for hydroxylation is 1. The summed E-state index contributed by atoms with van der Waals surface area (Å²) in [6.07, 6.45) is 1.23. The normalized spacial score (nSPS) is 17.1. The smallest absolute Gasteiger partial charge is 0.257 e. The second-order valence-electron chi connectivity index (χ2n) is 6.12. The Morgan fingerprint density at radius 2 is 1.79 bits per heavy atom. The lowest BCUT2D eigenvalue weighted by atomic mass is 10.0. The van der Waals surface area contributed by atoms with Crippen LogP contribution >= 0.6 is 0 Å². The summed E-state index contributed by atoms with van der Waals surface area (Å²) in [6.45, 7) is 2.41. The van der Waals surface area contributed by atoms with Crippen molar-refractivity contribution in [3.8, 4) is 11.1 Å². The molecule has 2 N–H and O–H groups in total. The number of halogens is 1. The van der Waals surface area contributed by atoms with Crippen LogP contribution in [0.25, 0.3) is 11.1 Å². The third kappa shape index (κ3) is 3.02. The Kier molecular flexibility index (Phi) is 4.34. The first-order chi connectivity index (χ1) is 11.5. The number of hydrogen-bond acceptors (Lipinski definition) is 2. The summed E-state index contributed by atoms with van der Waals surface area (Å²) in [4.78, 5) is 25.4. The minimum Gasteiger partial charge on any atom is -0.368 e. The Morgan fingerprint density at radius 3 is 2.42 bits per heavy atom. The zero-order valence-corrected chi connectivity index (χ0v) is 13.5. The van der Waals surface area contributed by atoms with Crippen LogP contribution in [0.3, 0.4) is 0 Å². The summed E-state index contributed by atoms with van der Waals surface area (Å²) >= 11 is 0. The van der Waals surface area contributed by atoms with Crippen LogP contribution in [0.2, 0.25) is 0 Å². The summed E-state index contributed by atoms with van der Waals surface area (Å²) in [5.74, 6) is -1.62. The monoisotopic (exact) mass is 326 g/mol. The van der Waals surface area contributed by atoms with E-state index < -0.39 is 23.7 Å². The van der Waals surface area contributed by atoms with Gasteiger partial charge in [-0.2, -0.15) is 0 Å². The van der Waals surface area contributed by atoms with E-state index in [-0.39, 0.29) is 5.56 Å². The third-order valence-corrected chi connectivity index (χ3v) is 4.43. The van der Waals surface area contributed by atoms with Gasteiger partial charge in [0.1, 0.15) is 11.9 Å². The molecule has 0 spiro atoms. The molecule has 1 aliphatic rings. The molecule has 1 heterocycles. The standard InChI is InChI=1S/C19H19FN2O2/c1-12-4-6-13(7-5-12)14-8-9-15(16(20)11-14)19(24)22-10-2-3-17(22)18(21)23/h4-9,11,17H,2-3,10H2,1H3,(H2,21,23)/t17-/m0/s1. The number of nitrogens with two attached hydrogens (primary N) is 1. The molecule has 4 nitrogen and oxygen atoms in total. The molecule has 2 aromatic rings. The van der Waals surface area contributed by atoms with Crippen molar-refractivity contribution in [3.63, 3.8) is 0 Å². The van der Waals surface area contributed by atoms with E-state index in [1.165, 1.54) is 17.0 Å².